The SMILES string of the molecule is O=C1CCC(N2C(=O)c3cc(F)c(NCc4ccc(CNC(=O)c5ccc(Cl)s5)cc4)cc3C2=O)C(=O)N1. The first-order valence-electron chi connectivity index (χ1n) is 11.6. The highest BCUT2D eigenvalue weighted by atomic mass is 35.5. The molecule has 12 heteroatoms. The standard InChI is InChI=1S/C26H20ClFN4O5S/c27-21-7-6-20(38-21)24(35)30-12-14-3-1-13(2-4-14)11-29-18-10-16-15(9-17(18)28)25(36)32(26(16)37)19-5-8-22(33)31-23(19)34/h1-4,6-7,9-10,19,29H,5,8,11-12H2,(H,30,35)(H,31,33,34). The summed E-state index contributed by atoms with van der Waals surface area (Å²) in [4.78, 5) is 62.9. The first-order chi connectivity index (χ1) is 18.2. The minimum Gasteiger partial charge on any atom is -0.379 e. The number of nitrogens with one attached hydrogen (secondary N) is 3. The van der Waals surface area contributed by atoms with Gasteiger partial charge in [0.1, 0.15) is 11.9 Å². The Kier molecular flexibility index (Phi) is 6.96. The fourth-order valence-electron chi connectivity index (χ4n) is 4.30. The number of carbonyl (C=O) groups excluding carboxylic acids is 5. The molecule has 3 heterocycles. The van der Waals surface area contributed by atoms with E-state index in [1.54, 1.807) is 12.1 Å². The van der Waals surface area contributed by atoms with Gasteiger partial charge in [-0.2, -0.15) is 0 Å². The third-order valence-electron chi connectivity index (χ3n) is 6.28. The van der Waals surface area contributed by atoms with E-state index >= 15 is 0 Å². The largest absolute Gasteiger partial charge is 0.379 e. The van der Waals surface area contributed by atoms with Gasteiger partial charge in [0.2, 0.25) is 11.8 Å². The van der Waals surface area contributed by atoms with E-state index in [2.05, 4.69) is 16.0 Å². The van der Waals surface area contributed by atoms with Crippen molar-refractivity contribution < 1.29 is 28.4 Å². The lowest BCUT2D eigenvalue weighted by Crippen LogP contribution is -2.54. The maximum atomic E-state index is 14.8. The Morgan fingerprint density at radius 2 is 1.66 bits per heavy atom. The number of carbonyl (C=O) groups is 5. The molecule has 0 radical (unpaired) electrons. The molecular weight excluding hydrogens is 535 g/mol. The molecule has 1 saturated heterocycles. The minimum atomic E-state index is -1.12. The van der Waals surface area contributed by atoms with Crippen LogP contribution >= 0.6 is 22.9 Å². The monoisotopic (exact) mass is 554 g/mol. The van der Waals surface area contributed by atoms with Gasteiger partial charge in [-0.15, -0.1) is 11.3 Å². The van der Waals surface area contributed by atoms with E-state index in [0.29, 0.717) is 15.8 Å². The second-order valence-corrected chi connectivity index (χ2v) is 10.5. The summed E-state index contributed by atoms with van der Waals surface area (Å²) in [6.07, 6.45) is 0.0193. The van der Waals surface area contributed by atoms with Gasteiger partial charge in [0.15, 0.2) is 0 Å². The Bertz CT molecular complexity index is 1490. The van der Waals surface area contributed by atoms with Crippen molar-refractivity contribution in [3.63, 3.8) is 0 Å². The number of anilines is 1. The Morgan fingerprint density at radius 1 is 1.00 bits per heavy atom. The van der Waals surface area contributed by atoms with Crippen LogP contribution in [0.25, 0.3) is 0 Å². The van der Waals surface area contributed by atoms with Crippen LogP contribution in [0.5, 0.6) is 0 Å². The summed E-state index contributed by atoms with van der Waals surface area (Å²) in [6.45, 7) is 0.552. The molecule has 0 aliphatic carbocycles. The van der Waals surface area contributed by atoms with Gasteiger partial charge in [-0.3, -0.25) is 34.2 Å². The number of hydrogen-bond acceptors (Lipinski definition) is 7. The maximum Gasteiger partial charge on any atom is 0.262 e. The summed E-state index contributed by atoms with van der Waals surface area (Å²) in [5.41, 5.74) is 1.57. The fourth-order valence-corrected chi connectivity index (χ4v) is 5.26. The van der Waals surface area contributed by atoms with Crippen LogP contribution in [0.1, 0.15) is 54.4 Å². The van der Waals surface area contributed by atoms with E-state index in [1.807, 2.05) is 24.3 Å². The van der Waals surface area contributed by atoms with Crippen LogP contribution in [-0.4, -0.2) is 40.5 Å². The van der Waals surface area contributed by atoms with Crippen molar-refractivity contribution in [1.82, 2.24) is 15.5 Å². The normalized spacial score (nSPS) is 16.9. The molecule has 1 fully saturated rings. The van der Waals surface area contributed by atoms with E-state index in [4.69, 9.17) is 11.6 Å². The summed E-state index contributed by atoms with van der Waals surface area (Å²) in [6, 6.07) is 11.7. The van der Waals surface area contributed by atoms with Crippen molar-refractivity contribution in [2.75, 3.05) is 5.32 Å². The third-order valence-corrected chi connectivity index (χ3v) is 7.51. The first kappa shape index (κ1) is 25.6. The van der Waals surface area contributed by atoms with Crippen molar-refractivity contribution in [2.45, 2.75) is 32.0 Å². The lowest BCUT2D eigenvalue weighted by Gasteiger charge is -2.27. The number of thiophene rings is 1. The molecule has 2 aliphatic rings. The van der Waals surface area contributed by atoms with Crippen LogP contribution in [0.4, 0.5) is 10.1 Å². The average Bonchev–Trinajstić information content (AvgIpc) is 3.43. The van der Waals surface area contributed by atoms with Crippen LogP contribution in [0, 0.1) is 5.82 Å². The van der Waals surface area contributed by atoms with Crippen LogP contribution in [0.2, 0.25) is 4.34 Å². The molecule has 2 aromatic carbocycles. The molecule has 5 rings (SSSR count). The molecule has 2 aliphatic heterocycles. The Morgan fingerprint density at radius 3 is 2.29 bits per heavy atom. The van der Waals surface area contributed by atoms with Crippen molar-refractivity contribution in [2.24, 2.45) is 0 Å². The molecule has 0 bridgehead atoms. The third kappa shape index (κ3) is 5.02. The number of nitrogens with zero attached hydrogens (tertiary/aromatic N) is 1. The van der Waals surface area contributed by atoms with Gasteiger partial charge in [-0.1, -0.05) is 35.9 Å². The van der Waals surface area contributed by atoms with Crippen LogP contribution in [-0.2, 0) is 22.7 Å². The molecule has 3 aromatic rings. The summed E-state index contributed by atoms with van der Waals surface area (Å²) in [5.74, 6) is -3.61. The van der Waals surface area contributed by atoms with Crippen LogP contribution < -0.4 is 16.0 Å². The average molecular weight is 555 g/mol. The zero-order chi connectivity index (χ0) is 27.0. The van der Waals surface area contributed by atoms with Gasteiger partial charge >= 0.3 is 0 Å². The summed E-state index contributed by atoms with van der Waals surface area (Å²) < 4.78 is 15.3. The molecular formula is C26H20ClFN4O5S. The number of hydrogen-bond donors (Lipinski definition) is 3. The molecule has 5 amide bonds. The summed E-state index contributed by atoms with van der Waals surface area (Å²) in [5, 5.41) is 7.88. The van der Waals surface area contributed by atoms with E-state index in [-0.39, 0.29) is 42.1 Å². The zero-order valence-corrected chi connectivity index (χ0v) is 21.2. The molecule has 1 aromatic heterocycles. The Labute approximate surface area is 225 Å². The molecule has 1 unspecified atom stereocenters. The molecule has 0 spiro atoms. The van der Waals surface area contributed by atoms with E-state index < -0.39 is 35.5 Å². The lowest BCUT2D eigenvalue weighted by molar-refractivity contribution is -0.136. The number of amides is 5. The topological polar surface area (TPSA) is 125 Å². The fraction of sp³-hybridized carbons (Fsp3) is 0.192. The van der Waals surface area contributed by atoms with Gasteiger partial charge in [-0.05, 0) is 41.8 Å². The number of piperidine rings is 1. The molecule has 194 valence electrons. The first-order valence-corrected chi connectivity index (χ1v) is 12.8. The number of rotatable bonds is 7. The molecule has 3 N–H and O–H groups in total. The molecule has 38 heavy (non-hydrogen) atoms. The predicted molar refractivity (Wildman–Crippen MR) is 137 cm³/mol. The number of fused-ring (bicyclic) bond motifs is 1. The highest BCUT2D eigenvalue weighted by molar-refractivity contribution is 7.18. The quantitative estimate of drug-likeness (QED) is 0.384. The van der Waals surface area contributed by atoms with Crippen molar-refractivity contribution in [3.05, 3.63) is 85.8 Å². The highest BCUT2D eigenvalue weighted by Crippen LogP contribution is 2.31. The summed E-state index contributed by atoms with van der Waals surface area (Å²) >= 11 is 7.06. The smallest absolute Gasteiger partial charge is 0.262 e. The van der Waals surface area contributed by atoms with Gasteiger partial charge in [0, 0.05) is 19.5 Å². The second-order valence-electron chi connectivity index (χ2n) is 8.78. The second kappa shape index (κ2) is 10.3. The van der Waals surface area contributed by atoms with Crippen LogP contribution in [0.3, 0.4) is 0 Å². The van der Waals surface area contributed by atoms with E-state index in [0.717, 1.165) is 22.1 Å². The Balaban J connectivity index is 1.22. The van der Waals surface area contributed by atoms with Crippen LogP contribution in [0.15, 0.2) is 48.5 Å². The molecule has 0 saturated carbocycles. The predicted octanol–water partition coefficient (Wildman–Crippen LogP) is 3.48. The van der Waals surface area contributed by atoms with Crippen molar-refractivity contribution in [3.8, 4) is 0 Å². The minimum absolute atomic E-state index is 0.000352. The van der Waals surface area contributed by atoms with Gasteiger partial charge in [0.25, 0.3) is 17.7 Å². The van der Waals surface area contributed by atoms with Crippen molar-refractivity contribution in [1.29, 1.82) is 0 Å². The summed E-state index contributed by atoms with van der Waals surface area (Å²) in [7, 11) is 0. The van der Waals surface area contributed by atoms with E-state index in [1.165, 1.54) is 17.4 Å². The lowest BCUT2D eigenvalue weighted by atomic mass is 10.0. The van der Waals surface area contributed by atoms with Gasteiger partial charge < -0.3 is 10.6 Å². The molecule has 9 nitrogen and oxygen atoms in total. The Hall–Kier alpha value is -4.09. The van der Waals surface area contributed by atoms with E-state index in [9.17, 15) is 28.4 Å². The zero-order valence-electron chi connectivity index (χ0n) is 19.7. The van der Waals surface area contributed by atoms with Gasteiger partial charge in [-0.25, -0.2) is 4.39 Å². The number of benzene rings is 2. The maximum absolute atomic E-state index is 14.8. The highest BCUT2D eigenvalue weighted by Gasteiger charge is 2.45. The van der Waals surface area contributed by atoms with Gasteiger partial charge in [0.05, 0.1) is 26.0 Å². The van der Waals surface area contributed by atoms with Crippen molar-refractivity contribution >= 4 is 58.2 Å². The number of halogens is 2. The molecule has 1 atom stereocenters. The number of imide groups is 2.